The molecule has 0 atom stereocenters. The average molecular weight is 356 g/mol. The molecule has 1 aliphatic heterocycles. The molecule has 0 bridgehead atoms. The number of nitrogens with zero attached hydrogens (tertiary/aromatic N) is 3. The molecule has 1 N–H and O–H groups in total. The zero-order chi connectivity index (χ0) is 18.4. The molecule has 1 amide bonds. The van der Waals surface area contributed by atoms with Crippen LogP contribution < -0.4 is 19.7 Å². The molecule has 26 heavy (non-hydrogen) atoms. The highest BCUT2D eigenvalue weighted by molar-refractivity contribution is 6.04. The van der Waals surface area contributed by atoms with Crippen LogP contribution in [-0.2, 0) is 0 Å². The van der Waals surface area contributed by atoms with Crippen LogP contribution in [0.5, 0.6) is 11.5 Å². The summed E-state index contributed by atoms with van der Waals surface area (Å²) in [4.78, 5) is 14.7. The molecule has 1 aromatic heterocycles. The number of carbonyl (C=O) groups excluding carboxylic acids is 1. The van der Waals surface area contributed by atoms with E-state index < -0.39 is 0 Å². The molecule has 7 nitrogen and oxygen atoms in total. The van der Waals surface area contributed by atoms with Crippen LogP contribution in [0.1, 0.15) is 36.0 Å². The molecule has 3 rings (SSSR count). The van der Waals surface area contributed by atoms with Gasteiger partial charge in [-0.15, -0.1) is 10.2 Å². The minimum atomic E-state index is -0.293. The SMILES string of the molecule is COc1cc(OC)cc(C(=O)Nc2ccc(N3CCCCCC3)nn2)c1. The molecule has 2 heterocycles. The second-order valence-corrected chi connectivity index (χ2v) is 6.23. The lowest BCUT2D eigenvalue weighted by atomic mass is 10.2. The minimum Gasteiger partial charge on any atom is -0.497 e. The quantitative estimate of drug-likeness (QED) is 0.887. The zero-order valence-corrected chi connectivity index (χ0v) is 15.2. The van der Waals surface area contributed by atoms with Crippen molar-refractivity contribution in [2.24, 2.45) is 0 Å². The highest BCUT2D eigenvalue weighted by atomic mass is 16.5. The number of hydrogen-bond donors (Lipinski definition) is 1. The Kier molecular flexibility index (Phi) is 5.88. The lowest BCUT2D eigenvalue weighted by Crippen LogP contribution is -2.25. The Labute approximate surface area is 153 Å². The fourth-order valence-corrected chi connectivity index (χ4v) is 2.99. The van der Waals surface area contributed by atoms with Crippen molar-refractivity contribution in [3.05, 3.63) is 35.9 Å². The van der Waals surface area contributed by atoms with Gasteiger partial charge in [0.2, 0.25) is 0 Å². The van der Waals surface area contributed by atoms with E-state index in [0.717, 1.165) is 18.9 Å². The van der Waals surface area contributed by atoms with E-state index in [2.05, 4.69) is 20.4 Å². The number of hydrogen-bond acceptors (Lipinski definition) is 6. The van der Waals surface area contributed by atoms with E-state index >= 15 is 0 Å². The van der Waals surface area contributed by atoms with Crippen LogP contribution >= 0.6 is 0 Å². The van der Waals surface area contributed by atoms with Crippen LogP contribution in [0.3, 0.4) is 0 Å². The van der Waals surface area contributed by atoms with Gasteiger partial charge in [-0.1, -0.05) is 12.8 Å². The molecular formula is C19H24N4O3. The Morgan fingerprint density at radius 1 is 0.962 bits per heavy atom. The molecule has 0 aliphatic carbocycles. The number of nitrogens with one attached hydrogen (secondary N) is 1. The van der Waals surface area contributed by atoms with Crippen molar-refractivity contribution >= 4 is 17.5 Å². The molecular weight excluding hydrogens is 332 g/mol. The molecule has 1 aromatic carbocycles. The topological polar surface area (TPSA) is 76.6 Å². The first-order valence-corrected chi connectivity index (χ1v) is 8.82. The molecule has 0 saturated carbocycles. The van der Waals surface area contributed by atoms with Gasteiger partial charge in [0.25, 0.3) is 5.91 Å². The Morgan fingerprint density at radius 2 is 1.62 bits per heavy atom. The van der Waals surface area contributed by atoms with Crippen molar-refractivity contribution in [1.82, 2.24) is 10.2 Å². The highest BCUT2D eigenvalue weighted by Crippen LogP contribution is 2.23. The summed E-state index contributed by atoms with van der Waals surface area (Å²) >= 11 is 0. The predicted molar refractivity (Wildman–Crippen MR) is 100 cm³/mol. The van der Waals surface area contributed by atoms with Gasteiger partial charge in [0.05, 0.1) is 14.2 Å². The molecule has 2 aromatic rings. The second-order valence-electron chi connectivity index (χ2n) is 6.23. The Balaban J connectivity index is 1.69. The zero-order valence-electron chi connectivity index (χ0n) is 15.2. The molecule has 0 radical (unpaired) electrons. The Hall–Kier alpha value is -2.83. The van der Waals surface area contributed by atoms with Gasteiger partial charge in [-0.25, -0.2) is 0 Å². The van der Waals surface area contributed by atoms with E-state index in [9.17, 15) is 4.79 Å². The molecule has 0 unspecified atom stereocenters. The third kappa shape index (κ3) is 4.41. The molecule has 0 spiro atoms. The predicted octanol–water partition coefficient (Wildman–Crippen LogP) is 3.13. The number of aromatic nitrogens is 2. The summed E-state index contributed by atoms with van der Waals surface area (Å²) in [7, 11) is 3.09. The molecule has 138 valence electrons. The van der Waals surface area contributed by atoms with Crippen LogP contribution in [0, 0.1) is 0 Å². The summed E-state index contributed by atoms with van der Waals surface area (Å²) in [5.41, 5.74) is 0.430. The van der Waals surface area contributed by atoms with Gasteiger partial charge in [-0.3, -0.25) is 4.79 Å². The largest absolute Gasteiger partial charge is 0.497 e. The van der Waals surface area contributed by atoms with Crippen molar-refractivity contribution in [3.63, 3.8) is 0 Å². The van der Waals surface area contributed by atoms with Crippen LogP contribution in [-0.4, -0.2) is 43.4 Å². The first-order valence-electron chi connectivity index (χ1n) is 8.82. The van der Waals surface area contributed by atoms with Crippen molar-refractivity contribution in [2.75, 3.05) is 37.5 Å². The number of benzene rings is 1. The molecule has 7 heteroatoms. The number of rotatable bonds is 5. The first kappa shape index (κ1) is 18.0. The number of anilines is 2. The normalized spacial score (nSPS) is 14.5. The molecule has 1 aliphatic rings. The van der Waals surface area contributed by atoms with Crippen LogP contribution in [0.2, 0.25) is 0 Å². The average Bonchev–Trinajstić information content (AvgIpc) is 2.97. The maximum Gasteiger partial charge on any atom is 0.257 e. The summed E-state index contributed by atoms with van der Waals surface area (Å²) in [5, 5.41) is 11.2. The Morgan fingerprint density at radius 3 is 2.15 bits per heavy atom. The number of carbonyl (C=O) groups is 1. The fraction of sp³-hybridized carbons (Fsp3) is 0.421. The lowest BCUT2D eigenvalue weighted by molar-refractivity contribution is 0.102. The molecule has 1 fully saturated rings. The maximum absolute atomic E-state index is 12.5. The van der Waals surface area contributed by atoms with Crippen LogP contribution in [0.4, 0.5) is 11.6 Å². The van der Waals surface area contributed by atoms with Gasteiger partial charge in [0.15, 0.2) is 11.6 Å². The summed E-state index contributed by atoms with van der Waals surface area (Å²) in [6, 6.07) is 8.70. The fourth-order valence-electron chi connectivity index (χ4n) is 2.99. The van der Waals surface area contributed by atoms with E-state index in [0.29, 0.717) is 22.9 Å². The summed E-state index contributed by atoms with van der Waals surface area (Å²) < 4.78 is 10.4. The lowest BCUT2D eigenvalue weighted by Gasteiger charge is -2.20. The summed E-state index contributed by atoms with van der Waals surface area (Å²) in [5.74, 6) is 2.08. The number of methoxy groups -OCH3 is 2. The van der Waals surface area contributed by atoms with Crippen molar-refractivity contribution in [1.29, 1.82) is 0 Å². The molecule has 1 saturated heterocycles. The Bertz CT molecular complexity index is 719. The summed E-state index contributed by atoms with van der Waals surface area (Å²) in [6.45, 7) is 2.01. The maximum atomic E-state index is 12.5. The highest BCUT2D eigenvalue weighted by Gasteiger charge is 2.14. The second kappa shape index (κ2) is 8.51. The van der Waals surface area contributed by atoms with E-state index in [-0.39, 0.29) is 5.91 Å². The number of ether oxygens (including phenoxy) is 2. The van der Waals surface area contributed by atoms with E-state index in [1.165, 1.54) is 25.7 Å². The van der Waals surface area contributed by atoms with Crippen molar-refractivity contribution in [3.8, 4) is 11.5 Å². The van der Waals surface area contributed by atoms with Crippen molar-refractivity contribution < 1.29 is 14.3 Å². The van der Waals surface area contributed by atoms with Gasteiger partial charge in [-0.05, 0) is 37.1 Å². The van der Waals surface area contributed by atoms with Gasteiger partial charge in [-0.2, -0.15) is 0 Å². The minimum absolute atomic E-state index is 0.293. The van der Waals surface area contributed by atoms with Gasteiger partial charge in [0, 0.05) is 24.7 Å². The number of amides is 1. The van der Waals surface area contributed by atoms with E-state index in [1.807, 2.05) is 6.07 Å². The monoisotopic (exact) mass is 356 g/mol. The third-order valence-corrected chi connectivity index (χ3v) is 4.44. The summed E-state index contributed by atoms with van der Waals surface area (Å²) in [6.07, 6.45) is 4.89. The van der Waals surface area contributed by atoms with Gasteiger partial charge < -0.3 is 19.7 Å². The van der Waals surface area contributed by atoms with E-state index in [1.54, 1.807) is 38.5 Å². The van der Waals surface area contributed by atoms with Crippen LogP contribution in [0.25, 0.3) is 0 Å². The smallest absolute Gasteiger partial charge is 0.257 e. The van der Waals surface area contributed by atoms with Crippen LogP contribution in [0.15, 0.2) is 30.3 Å². The third-order valence-electron chi connectivity index (χ3n) is 4.44. The van der Waals surface area contributed by atoms with Gasteiger partial charge >= 0.3 is 0 Å². The van der Waals surface area contributed by atoms with E-state index in [4.69, 9.17) is 9.47 Å². The van der Waals surface area contributed by atoms with Crippen molar-refractivity contribution in [2.45, 2.75) is 25.7 Å². The first-order chi connectivity index (χ1) is 12.7. The standard InChI is InChI=1S/C19H24N4O3/c1-25-15-11-14(12-16(13-15)26-2)19(24)20-17-7-8-18(22-21-17)23-9-5-3-4-6-10-23/h7-8,11-13H,3-6,9-10H2,1-2H3,(H,20,21,24). The van der Waals surface area contributed by atoms with Gasteiger partial charge in [0.1, 0.15) is 11.5 Å².